The molecule has 0 aliphatic carbocycles. The minimum absolute atomic E-state index is 0.106. The summed E-state index contributed by atoms with van der Waals surface area (Å²) in [6, 6.07) is 38.5. The van der Waals surface area contributed by atoms with Crippen molar-refractivity contribution in [1.29, 1.82) is 0 Å². The van der Waals surface area contributed by atoms with E-state index >= 15 is 0 Å². The van der Waals surface area contributed by atoms with Crippen molar-refractivity contribution in [2.75, 3.05) is 0 Å². The molecule has 0 fully saturated rings. The minimum atomic E-state index is -0.370. The Morgan fingerprint density at radius 2 is 0.737 bits per heavy atom. The van der Waals surface area contributed by atoms with E-state index in [-0.39, 0.29) is 37.9 Å². The van der Waals surface area contributed by atoms with Crippen LogP contribution in [0, 0.1) is 0 Å². The van der Waals surface area contributed by atoms with Gasteiger partial charge >= 0.3 is 0 Å². The number of benzene rings is 4. The molecule has 4 aromatic rings. The first-order chi connectivity index (χ1) is 18.7. The van der Waals surface area contributed by atoms with Gasteiger partial charge < -0.3 is 0 Å². The molecule has 6 nitrogen and oxygen atoms in total. The van der Waals surface area contributed by atoms with Gasteiger partial charge in [0.2, 0.25) is 0 Å². The van der Waals surface area contributed by atoms with Crippen LogP contribution in [0.2, 0.25) is 0 Å². The van der Waals surface area contributed by atoms with Gasteiger partial charge in [-0.1, -0.05) is 132 Å². The van der Waals surface area contributed by atoms with Crippen molar-refractivity contribution in [2.24, 2.45) is 0 Å². The van der Waals surface area contributed by atoms with Crippen LogP contribution < -0.4 is 0 Å². The summed E-state index contributed by atoms with van der Waals surface area (Å²) in [4.78, 5) is 38.9. The quantitative estimate of drug-likeness (QED) is 0.217. The number of carbonyl (C=O) groups is 2. The van der Waals surface area contributed by atoms with Crippen molar-refractivity contribution in [3.05, 3.63) is 144 Å². The Bertz CT molecular complexity index is 1150. The largest absolute Gasteiger partial charge is 0.270 e. The van der Waals surface area contributed by atoms with Crippen molar-refractivity contribution in [3.63, 3.8) is 0 Å². The van der Waals surface area contributed by atoms with E-state index < -0.39 is 0 Å². The van der Waals surface area contributed by atoms with Crippen molar-refractivity contribution in [3.8, 4) is 0 Å². The lowest BCUT2D eigenvalue weighted by molar-refractivity contribution is -0.371. The predicted octanol–water partition coefficient (Wildman–Crippen LogP) is 6.09. The highest BCUT2D eigenvalue weighted by atomic mass is 16.8. The summed E-state index contributed by atoms with van der Waals surface area (Å²) in [5.41, 5.74) is 3.79. The molecule has 0 bridgehead atoms. The number of hydrazine groups is 1. The Kier molecular flexibility index (Phi) is 10.2. The molecule has 194 valence electrons. The van der Waals surface area contributed by atoms with E-state index in [4.69, 9.17) is 9.68 Å². The fraction of sp³-hybridized carbons (Fsp3) is 0.188. The third kappa shape index (κ3) is 8.40. The Morgan fingerprint density at radius 3 is 1.05 bits per heavy atom. The summed E-state index contributed by atoms with van der Waals surface area (Å²) in [7, 11) is 0. The zero-order valence-corrected chi connectivity index (χ0v) is 21.3. The smallest absolute Gasteiger partial charge is 0.269 e. The van der Waals surface area contributed by atoms with Crippen LogP contribution in [0.1, 0.15) is 35.1 Å². The zero-order valence-electron chi connectivity index (χ0n) is 21.3. The monoisotopic (exact) mass is 508 g/mol. The second-order valence-corrected chi connectivity index (χ2v) is 8.82. The predicted molar refractivity (Wildman–Crippen MR) is 146 cm³/mol. The molecular weight excluding hydrogens is 476 g/mol. The Morgan fingerprint density at radius 1 is 0.447 bits per heavy atom. The fourth-order valence-electron chi connectivity index (χ4n) is 3.85. The number of hydroxylamine groups is 2. The molecule has 0 aliphatic heterocycles. The van der Waals surface area contributed by atoms with Crippen LogP contribution in [0.3, 0.4) is 0 Å². The lowest BCUT2D eigenvalue weighted by atomic mass is 10.1. The minimum Gasteiger partial charge on any atom is -0.270 e. The molecular formula is C32H32N2O4. The SMILES string of the molecule is O=C(CCc1ccccc1)N(OCc1ccccc1)N(OCc1ccccc1)C(=O)CCc1ccccc1. The van der Waals surface area contributed by atoms with Crippen LogP contribution in [0.15, 0.2) is 121 Å². The van der Waals surface area contributed by atoms with E-state index in [0.717, 1.165) is 32.6 Å². The van der Waals surface area contributed by atoms with E-state index in [1.54, 1.807) is 0 Å². The third-order valence-corrected chi connectivity index (χ3v) is 5.93. The van der Waals surface area contributed by atoms with E-state index in [1.807, 2.05) is 121 Å². The van der Waals surface area contributed by atoms with Crippen LogP contribution in [-0.4, -0.2) is 22.2 Å². The molecule has 0 radical (unpaired) electrons. The number of aryl methyl sites for hydroxylation is 2. The molecule has 4 aromatic carbocycles. The highest BCUT2D eigenvalue weighted by molar-refractivity contribution is 5.81. The van der Waals surface area contributed by atoms with Gasteiger partial charge in [-0.05, 0) is 35.1 Å². The van der Waals surface area contributed by atoms with Gasteiger partial charge in [0, 0.05) is 12.8 Å². The number of rotatable bonds is 12. The van der Waals surface area contributed by atoms with E-state index in [9.17, 15) is 9.59 Å². The maximum atomic E-state index is 13.5. The standard InChI is InChI=1S/C32H32N2O4/c35-31(23-21-27-13-5-1-6-14-27)33(37-25-29-17-9-3-10-18-29)34(38-26-30-19-11-4-12-20-30)32(36)24-22-28-15-7-2-8-16-28/h1-20H,21-26H2. The van der Waals surface area contributed by atoms with Gasteiger partial charge in [0.1, 0.15) is 13.2 Å². The number of hydrogen-bond donors (Lipinski definition) is 0. The second-order valence-electron chi connectivity index (χ2n) is 8.82. The van der Waals surface area contributed by atoms with Gasteiger partial charge in [-0.2, -0.15) is 0 Å². The number of carbonyl (C=O) groups excluding carboxylic acids is 2. The van der Waals surface area contributed by atoms with E-state index in [0.29, 0.717) is 12.8 Å². The van der Waals surface area contributed by atoms with Crippen LogP contribution >= 0.6 is 0 Å². The average Bonchev–Trinajstić information content (AvgIpc) is 2.98. The van der Waals surface area contributed by atoms with Gasteiger partial charge in [0.25, 0.3) is 11.8 Å². The molecule has 6 heteroatoms. The summed E-state index contributed by atoms with van der Waals surface area (Å²) in [5, 5.41) is 1.98. The summed E-state index contributed by atoms with van der Waals surface area (Å²) >= 11 is 0. The van der Waals surface area contributed by atoms with Crippen LogP contribution in [0.5, 0.6) is 0 Å². The number of nitrogens with zero attached hydrogens (tertiary/aromatic N) is 2. The van der Waals surface area contributed by atoms with Gasteiger partial charge in [-0.3, -0.25) is 9.59 Å². The molecule has 0 unspecified atom stereocenters. The van der Waals surface area contributed by atoms with Crippen molar-refractivity contribution < 1.29 is 19.3 Å². The second kappa shape index (κ2) is 14.5. The molecule has 38 heavy (non-hydrogen) atoms. The normalized spacial score (nSPS) is 10.6. The summed E-state index contributed by atoms with van der Waals surface area (Å²) in [5.74, 6) is -0.739. The molecule has 0 atom stereocenters. The summed E-state index contributed by atoms with van der Waals surface area (Å²) in [6.45, 7) is 0.212. The lowest BCUT2D eigenvalue weighted by Crippen LogP contribution is -2.49. The molecule has 0 N–H and O–H groups in total. The fourth-order valence-corrected chi connectivity index (χ4v) is 3.85. The Hall–Kier alpha value is -4.26. The van der Waals surface area contributed by atoms with Crippen molar-refractivity contribution >= 4 is 11.8 Å². The van der Waals surface area contributed by atoms with Crippen LogP contribution in [0.4, 0.5) is 0 Å². The first kappa shape index (κ1) is 26.8. The van der Waals surface area contributed by atoms with Crippen LogP contribution in [0.25, 0.3) is 0 Å². The maximum Gasteiger partial charge on any atom is 0.269 e. The van der Waals surface area contributed by atoms with E-state index in [1.165, 1.54) is 0 Å². The molecule has 0 heterocycles. The average molecular weight is 509 g/mol. The molecule has 0 saturated carbocycles. The topological polar surface area (TPSA) is 59.1 Å². The molecule has 2 amide bonds. The molecule has 0 aliphatic rings. The van der Waals surface area contributed by atoms with Crippen molar-refractivity contribution in [1.82, 2.24) is 10.3 Å². The number of amides is 2. The highest BCUT2D eigenvalue weighted by Crippen LogP contribution is 2.16. The highest BCUT2D eigenvalue weighted by Gasteiger charge is 2.29. The van der Waals surface area contributed by atoms with Gasteiger partial charge in [-0.25, -0.2) is 9.68 Å². The third-order valence-electron chi connectivity index (χ3n) is 5.93. The number of hydrogen-bond acceptors (Lipinski definition) is 4. The first-order valence-corrected chi connectivity index (χ1v) is 12.8. The molecule has 0 saturated heterocycles. The van der Waals surface area contributed by atoms with Gasteiger partial charge in [-0.15, -0.1) is 0 Å². The maximum absolute atomic E-state index is 13.5. The molecule has 4 rings (SSSR count). The first-order valence-electron chi connectivity index (χ1n) is 12.8. The Balaban J connectivity index is 1.53. The Labute approximate surface area is 223 Å². The van der Waals surface area contributed by atoms with Crippen LogP contribution in [-0.2, 0) is 45.3 Å². The lowest BCUT2D eigenvalue weighted by Gasteiger charge is -2.32. The van der Waals surface area contributed by atoms with Gasteiger partial charge in [0.15, 0.2) is 0 Å². The molecule has 0 spiro atoms. The molecule has 0 aromatic heterocycles. The summed E-state index contributed by atoms with van der Waals surface area (Å²) < 4.78 is 0. The zero-order chi connectivity index (χ0) is 26.4. The summed E-state index contributed by atoms with van der Waals surface area (Å²) in [6.07, 6.45) is 1.32. The van der Waals surface area contributed by atoms with Gasteiger partial charge in [0.05, 0.1) is 0 Å². The van der Waals surface area contributed by atoms with E-state index in [2.05, 4.69) is 0 Å². The van der Waals surface area contributed by atoms with Crippen molar-refractivity contribution in [2.45, 2.75) is 38.9 Å².